The summed E-state index contributed by atoms with van der Waals surface area (Å²) in [6.07, 6.45) is -0.980. The van der Waals surface area contributed by atoms with Gasteiger partial charge in [0.05, 0.1) is 30.3 Å². The van der Waals surface area contributed by atoms with Crippen molar-refractivity contribution >= 4 is 46.5 Å². The normalized spacial score (nSPS) is 27.3. The third-order valence-corrected chi connectivity index (χ3v) is 9.03. The molecule has 2 aromatic rings. The lowest BCUT2D eigenvalue weighted by atomic mass is 9.52. The van der Waals surface area contributed by atoms with Crippen LogP contribution in [0.25, 0.3) is 0 Å². The maximum atomic E-state index is 14.1. The van der Waals surface area contributed by atoms with Gasteiger partial charge in [0, 0.05) is 25.7 Å². The van der Waals surface area contributed by atoms with E-state index in [0.717, 1.165) is 0 Å². The molecular weight excluding hydrogens is 588 g/mol. The maximum absolute atomic E-state index is 14.1. The van der Waals surface area contributed by atoms with Crippen LogP contribution in [-0.4, -0.2) is 97.2 Å². The Kier molecular flexibility index (Phi) is 7.92. The van der Waals surface area contributed by atoms with Gasteiger partial charge >= 0.3 is 6.09 Å². The average Bonchev–Trinajstić information content (AvgIpc) is 2.96. The van der Waals surface area contributed by atoms with E-state index < -0.39 is 76.2 Å². The molecule has 2 amide bonds. The summed E-state index contributed by atoms with van der Waals surface area (Å²) in [7, 11) is 7.91. The van der Waals surface area contributed by atoms with Crippen LogP contribution < -0.4 is 25.4 Å². The number of rotatable bonds is 6. The molecule has 0 spiro atoms. The SMILES string of the molecule is COc1ccc(OC(=O)Nc2cc(N(C)C)c3c(c2O)C(=O)C2C(=O)[C@@]4(O)C(=O)C(C(N)=O)C(=O)[C@H](N(C)C)[C@H]4C[C@H]2C3)cc1. The van der Waals surface area contributed by atoms with E-state index in [4.69, 9.17) is 15.2 Å². The Labute approximate surface area is 258 Å². The largest absolute Gasteiger partial charge is 0.505 e. The van der Waals surface area contributed by atoms with E-state index in [1.807, 2.05) is 0 Å². The van der Waals surface area contributed by atoms with Crippen LogP contribution in [0.1, 0.15) is 22.3 Å². The summed E-state index contributed by atoms with van der Waals surface area (Å²) in [6.45, 7) is 0. The number of fused-ring (bicyclic) bond motifs is 3. The highest BCUT2D eigenvalue weighted by Crippen LogP contribution is 2.52. The number of aliphatic hydroxyl groups is 1. The first-order chi connectivity index (χ1) is 21.1. The topological polar surface area (TPSA) is 206 Å². The molecule has 0 saturated heterocycles. The number of ketones is 4. The number of nitrogens with one attached hydrogen (secondary N) is 1. The molecule has 0 radical (unpaired) electrons. The van der Waals surface area contributed by atoms with Gasteiger partial charge in [0.15, 0.2) is 34.7 Å². The summed E-state index contributed by atoms with van der Waals surface area (Å²) in [5, 5.41) is 25.5. The number of aromatic hydroxyl groups is 1. The smallest absolute Gasteiger partial charge is 0.417 e. The fourth-order valence-corrected chi connectivity index (χ4v) is 7.03. The Bertz CT molecular complexity index is 1640. The number of hydrogen-bond donors (Lipinski definition) is 4. The van der Waals surface area contributed by atoms with Gasteiger partial charge in [-0.15, -0.1) is 0 Å². The van der Waals surface area contributed by atoms with Crippen LogP contribution in [-0.2, 0) is 25.6 Å². The highest BCUT2D eigenvalue weighted by Gasteiger charge is 2.69. The van der Waals surface area contributed by atoms with E-state index in [-0.39, 0.29) is 29.8 Å². The number of nitrogens with zero attached hydrogens (tertiary/aromatic N) is 2. The van der Waals surface area contributed by atoms with Gasteiger partial charge < -0.3 is 30.3 Å². The molecule has 0 heterocycles. The van der Waals surface area contributed by atoms with Crippen molar-refractivity contribution < 1.29 is 48.5 Å². The fourth-order valence-electron chi connectivity index (χ4n) is 7.03. The standard InChI is InChI=1S/C31H34N4O10/c1-34(2)19-12-18(33-30(42)45-15-8-6-14(44-5)7-9-15)24(36)21-16(19)10-13-11-17-23(35(3)4)26(38)22(29(32)41)28(40)31(17,43)27(39)20(13)25(21)37/h6-9,12-13,17,20,22-23,36,43H,10-11H2,1-5H3,(H2,32,41)(H,33,42)/t13-,17-,20?,22?,23-,31-/m1/s1. The van der Waals surface area contributed by atoms with E-state index in [2.05, 4.69) is 5.32 Å². The summed E-state index contributed by atoms with van der Waals surface area (Å²) in [5.74, 6) is -11.0. The lowest BCUT2D eigenvalue weighted by Gasteiger charge is -2.52. The molecule has 14 nitrogen and oxygen atoms in total. The first-order valence-corrected chi connectivity index (χ1v) is 14.2. The van der Waals surface area contributed by atoms with Crippen molar-refractivity contribution in [3.63, 3.8) is 0 Å². The van der Waals surface area contributed by atoms with Gasteiger partial charge in [0.1, 0.15) is 17.2 Å². The molecule has 5 N–H and O–H groups in total. The lowest BCUT2D eigenvalue weighted by molar-refractivity contribution is -0.181. The molecule has 3 aliphatic carbocycles. The van der Waals surface area contributed by atoms with Crippen LogP contribution >= 0.6 is 0 Å². The number of anilines is 2. The molecule has 2 unspecified atom stereocenters. The van der Waals surface area contributed by atoms with Crippen LogP contribution in [0.5, 0.6) is 17.2 Å². The third-order valence-electron chi connectivity index (χ3n) is 9.03. The molecule has 238 valence electrons. The van der Waals surface area contributed by atoms with Gasteiger partial charge in [0.25, 0.3) is 0 Å². The highest BCUT2D eigenvalue weighted by molar-refractivity contribution is 6.32. The molecule has 0 bridgehead atoms. The number of phenolic OH excluding ortho intramolecular Hbond substituents is 1. The molecule has 2 aromatic carbocycles. The molecule has 5 rings (SSSR count). The maximum Gasteiger partial charge on any atom is 0.417 e. The van der Waals surface area contributed by atoms with Crippen molar-refractivity contribution in [1.82, 2.24) is 4.90 Å². The predicted octanol–water partition coefficient (Wildman–Crippen LogP) is 0.553. The summed E-state index contributed by atoms with van der Waals surface area (Å²) in [5.41, 5.74) is 2.94. The molecule has 0 aromatic heterocycles. The fraction of sp³-hybridized carbons (Fsp3) is 0.419. The molecule has 2 fully saturated rings. The van der Waals surface area contributed by atoms with Crippen molar-refractivity contribution in [2.45, 2.75) is 24.5 Å². The Hall–Kier alpha value is -4.82. The number of amides is 2. The van der Waals surface area contributed by atoms with E-state index >= 15 is 0 Å². The molecular formula is C31H34N4O10. The number of ether oxygens (including phenoxy) is 2. The second-order valence-electron chi connectivity index (χ2n) is 12.0. The van der Waals surface area contributed by atoms with Crippen LogP contribution in [0.3, 0.4) is 0 Å². The Morgan fingerprint density at radius 2 is 1.64 bits per heavy atom. The lowest BCUT2D eigenvalue weighted by Crippen LogP contribution is -2.74. The summed E-state index contributed by atoms with van der Waals surface area (Å²) >= 11 is 0. The van der Waals surface area contributed by atoms with Gasteiger partial charge in [-0.3, -0.25) is 34.2 Å². The van der Waals surface area contributed by atoms with E-state index in [1.54, 1.807) is 31.1 Å². The Morgan fingerprint density at radius 3 is 2.20 bits per heavy atom. The number of hydrogen-bond acceptors (Lipinski definition) is 12. The van der Waals surface area contributed by atoms with Gasteiger partial charge in [0.2, 0.25) is 5.91 Å². The molecule has 45 heavy (non-hydrogen) atoms. The van der Waals surface area contributed by atoms with E-state index in [9.17, 15) is 39.0 Å². The summed E-state index contributed by atoms with van der Waals surface area (Å²) in [6, 6.07) is 6.42. The number of phenols is 1. The zero-order chi connectivity index (χ0) is 33.1. The number of Topliss-reactive ketones (excluding diaryl/α,β-unsaturated/α-hetero) is 4. The monoisotopic (exact) mass is 622 g/mol. The second-order valence-corrected chi connectivity index (χ2v) is 12.0. The van der Waals surface area contributed by atoms with Gasteiger partial charge in [-0.2, -0.15) is 0 Å². The van der Waals surface area contributed by atoms with Crippen molar-refractivity contribution in [3.8, 4) is 17.2 Å². The number of benzene rings is 2. The summed E-state index contributed by atoms with van der Waals surface area (Å²) < 4.78 is 10.4. The minimum Gasteiger partial charge on any atom is -0.505 e. The first kappa shape index (κ1) is 31.6. The molecule has 3 aliphatic rings. The van der Waals surface area contributed by atoms with Crippen LogP contribution in [0.15, 0.2) is 30.3 Å². The minimum atomic E-state index is -2.84. The first-order valence-electron chi connectivity index (χ1n) is 14.2. The average molecular weight is 623 g/mol. The third kappa shape index (κ3) is 4.90. The number of primary amides is 1. The Balaban J connectivity index is 1.55. The van der Waals surface area contributed by atoms with Gasteiger partial charge in [-0.25, -0.2) is 4.79 Å². The van der Waals surface area contributed by atoms with E-state index in [1.165, 1.54) is 44.3 Å². The molecule has 6 atom stereocenters. The molecule has 0 aliphatic heterocycles. The van der Waals surface area contributed by atoms with Gasteiger partial charge in [-0.1, -0.05) is 0 Å². The van der Waals surface area contributed by atoms with Crippen molar-refractivity contribution in [2.75, 3.05) is 45.5 Å². The van der Waals surface area contributed by atoms with Gasteiger partial charge in [-0.05, 0) is 68.8 Å². The quantitative estimate of drug-likeness (QED) is 0.258. The minimum absolute atomic E-state index is 0.0729. The number of methoxy groups -OCH3 is 1. The van der Waals surface area contributed by atoms with Crippen molar-refractivity contribution in [1.29, 1.82) is 0 Å². The zero-order valence-electron chi connectivity index (χ0n) is 25.3. The zero-order valence-corrected chi connectivity index (χ0v) is 25.3. The van der Waals surface area contributed by atoms with Crippen LogP contribution in [0, 0.1) is 23.7 Å². The number of nitrogens with two attached hydrogens (primary N) is 1. The number of carbonyl (C=O) groups is 6. The predicted molar refractivity (Wildman–Crippen MR) is 158 cm³/mol. The second kappa shape index (κ2) is 11.3. The van der Waals surface area contributed by atoms with Crippen LogP contribution in [0.2, 0.25) is 0 Å². The van der Waals surface area contributed by atoms with Crippen LogP contribution in [0.4, 0.5) is 16.2 Å². The number of carbonyl (C=O) groups excluding carboxylic acids is 6. The van der Waals surface area contributed by atoms with Crippen molar-refractivity contribution in [3.05, 3.63) is 41.5 Å². The Morgan fingerprint density at radius 1 is 1.02 bits per heavy atom. The van der Waals surface area contributed by atoms with Crippen molar-refractivity contribution in [2.24, 2.45) is 29.4 Å². The summed E-state index contributed by atoms with van der Waals surface area (Å²) in [4.78, 5) is 82.9. The molecule has 2 saturated carbocycles. The van der Waals surface area contributed by atoms with E-state index in [0.29, 0.717) is 17.0 Å². The highest BCUT2D eigenvalue weighted by atomic mass is 16.6. The molecule has 14 heteroatoms. The number of likely N-dealkylation sites (N-methyl/N-ethyl adjacent to an activating group) is 1.